The van der Waals surface area contributed by atoms with E-state index in [4.69, 9.17) is 11.6 Å². The van der Waals surface area contributed by atoms with Gasteiger partial charge in [0.25, 0.3) is 11.8 Å². The number of aliphatic hydroxyl groups is 1. The van der Waals surface area contributed by atoms with Crippen LogP contribution in [-0.2, 0) is 17.9 Å². The Balaban J connectivity index is 0.980. The molecule has 0 spiro atoms. The van der Waals surface area contributed by atoms with Crippen LogP contribution in [0.5, 0.6) is 0 Å². The maximum Gasteiger partial charge on any atom is 0.256 e. The Hall–Kier alpha value is -3.59. The second-order valence-corrected chi connectivity index (χ2v) is 12.6. The topological polar surface area (TPSA) is 79.4 Å². The van der Waals surface area contributed by atoms with Crippen LogP contribution in [0.4, 0.5) is 11.4 Å². The number of amides is 2. The predicted octanol–water partition coefficient (Wildman–Crippen LogP) is 4.85. The van der Waals surface area contributed by atoms with Crippen molar-refractivity contribution in [2.75, 3.05) is 62.2 Å². The molecule has 3 fully saturated rings. The Labute approximate surface area is 265 Å². The van der Waals surface area contributed by atoms with Crippen LogP contribution in [0.15, 0.2) is 66.7 Å². The van der Waals surface area contributed by atoms with Gasteiger partial charge in [-0.15, -0.1) is 0 Å². The van der Waals surface area contributed by atoms with E-state index in [9.17, 15) is 14.7 Å². The monoisotopic (exact) mass is 615 g/mol. The van der Waals surface area contributed by atoms with E-state index >= 15 is 0 Å². The van der Waals surface area contributed by atoms with Crippen LogP contribution >= 0.6 is 11.6 Å². The molecule has 1 unspecified atom stereocenters. The summed E-state index contributed by atoms with van der Waals surface area (Å²) in [7, 11) is 0. The van der Waals surface area contributed by atoms with Crippen LogP contribution in [-0.4, -0.2) is 79.1 Å². The lowest BCUT2D eigenvalue weighted by molar-refractivity contribution is -0.140. The minimum absolute atomic E-state index is 0.102. The third-order valence-corrected chi connectivity index (χ3v) is 9.45. The van der Waals surface area contributed by atoms with Gasteiger partial charge in [-0.2, -0.15) is 0 Å². The van der Waals surface area contributed by atoms with Crippen LogP contribution in [0, 0.1) is 0 Å². The zero-order valence-corrected chi connectivity index (χ0v) is 26.0. The molecule has 0 aliphatic carbocycles. The lowest BCUT2D eigenvalue weighted by atomic mass is 10.0. The lowest BCUT2D eigenvalue weighted by Crippen LogP contribution is -2.50. The first-order valence-corrected chi connectivity index (χ1v) is 16.3. The number of anilines is 2. The Morgan fingerprint density at radius 3 is 2.14 bits per heavy atom. The Bertz CT molecular complexity index is 1440. The third kappa shape index (κ3) is 7.20. The van der Waals surface area contributed by atoms with Crippen molar-refractivity contribution < 1.29 is 14.7 Å². The van der Waals surface area contributed by atoms with Gasteiger partial charge in [-0.3, -0.25) is 14.5 Å². The van der Waals surface area contributed by atoms with E-state index < -0.39 is 6.10 Å². The van der Waals surface area contributed by atoms with Crippen LogP contribution in [0.1, 0.15) is 58.8 Å². The van der Waals surface area contributed by atoms with Crippen LogP contribution < -0.4 is 15.1 Å². The highest BCUT2D eigenvalue weighted by atomic mass is 35.5. The molecule has 0 aromatic heterocycles. The fourth-order valence-electron chi connectivity index (χ4n) is 6.53. The third-order valence-electron chi connectivity index (χ3n) is 9.12. The minimum Gasteiger partial charge on any atom is -0.378 e. The van der Waals surface area contributed by atoms with Crippen molar-refractivity contribution in [1.82, 2.24) is 15.1 Å². The molecule has 6 rings (SSSR count). The fraction of sp³-hybridized carbons (Fsp3) is 0.429. The van der Waals surface area contributed by atoms with Crippen molar-refractivity contribution in [3.63, 3.8) is 0 Å². The number of rotatable bonds is 9. The van der Waals surface area contributed by atoms with E-state index in [0.29, 0.717) is 48.9 Å². The summed E-state index contributed by atoms with van der Waals surface area (Å²) >= 11 is 6.52. The molecular formula is C35H42ClN5O3. The number of carbonyl (C=O) groups is 2. The summed E-state index contributed by atoms with van der Waals surface area (Å²) in [5.41, 5.74) is 5.49. The first-order valence-electron chi connectivity index (χ1n) is 15.9. The molecule has 3 aliphatic rings. The molecular weight excluding hydrogens is 574 g/mol. The molecule has 232 valence electrons. The zero-order valence-electron chi connectivity index (χ0n) is 25.3. The van der Waals surface area contributed by atoms with E-state index in [2.05, 4.69) is 38.2 Å². The summed E-state index contributed by atoms with van der Waals surface area (Å²) < 4.78 is 0. The molecule has 0 bridgehead atoms. The Kier molecular flexibility index (Phi) is 9.69. The van der Waals surface area contributed by atoms with Crippen molar-refractivity contribution in [2.24, 2.45) is 0 Å². The van der Waals surface area contributed by atoms with Crippen LogP contribution in [0.25, 0.3) is 0 Å². The summed E-state index contributed by atoms with van der Waals surface area (Å²) in [6, 6.07) is 21.6. The fourth-order valence-corrected chi connectivity index (χ4v) is 6.83. The summed E-state index contributed by atoms with van der Waals surface area (Å²) in [4.78, 5) is 34.7. The standard InChI is InChI=1S/C35H42ClN5O3/c36-32-23-27(25-38-14-1-2-15-38)8-13-31(32)33(42)35(44)41-20-18-40(19-21-41)29-11-9-28(10-12-29)34(43)37-24-26-6-5-7-30(22-26)39-16-3-4-17-39/h5-13,22-23,33,42H,1-4,14-21,24-25H2,(H,37,43). The zero-order chi connectivity index (χ0) is 30.5. The highest BCUT2D eigenvalue weighted by Gasteiger charge is 2.29. The molecule has 0 saturated carbocycles. The van der Waals surface area contributed by atoms with Crippen molar-refractivity contribution in [3.8, 4) is 0 Å². The first kappa shape index (κ1) is 30.4. The van der Waals surface area contributed by atoms with Crippen LogP contribution in [0.2, 0.25) is 5.02 Å². The quantitative estimate of drug-likeness (QED) is 0.358. The molecule has 0 radical (unpaired) electrons. The molecule has 3 saturated heterocycles. The largest absolute Gasteiger partial charge is 0.378 e. The van der Waals surface area contributed by atoms with Gasteiger partial charge in [0, 0.05) is 79.9 Å². The second-order valence-electron chi connectivity index (χ2n) is 12.1. The lowest BCUT2D eigenvalue weighted by Gasteiger charge is -2.37. The van der Waals surface area contributed by atoms with Gasteiger partial charge in [0.1, 0.15) is 0 Å². The molecule has 9 heteroatoms. The molecule has 2 N–H and O–H groups in total. The van der Waals surface area contributed by atoms with Gasteiger partial charge in [-0.25, -0.2) is 0 Å². The van der Waals surface area contributed by atoms with Gasteiger partial charge in [-0.1, -0.05) is 35.9 Å². The number of piperazine rings is 1. The Morgan fingerprint density at radius 2 is 1.43 bits per heavy atom. The van der Waals surface area contributed by atoms with Gasteiger partial charge in [-0.05, 0) is 92.4 Å². The number of benzene rings is 3. The second kappa shape index (κ2) is 14.0. The molecule has 3 aliphatic heterocycles. The molecule has 44 heavy (non-hydrogen) atoms. The van der Waals surface area contributed by atoms with E-state index in [1.54, 1.807) is 11.0 Å². The highest BCUT2D eigenvalue weighted by Crippen LogP contribution is 2.28. The van der Waals surface area contributed by atoms with E-state index in [-0.39, 0.29) is 11.8 Å². The number of hydrogen-bond acceptors (Lipinski definition) is 6. The van der Waals surface area contributed by atoms with Crippen molar-refractivity contribution in [2.45, 2.75) is 44.9 Å². The minimum atomic E-state index is -1.28. The number of likely N-dealkylation sites (tertiary alicyclic amines) is 1. The molecule has 8 nitrogen and oxygen atoms in total. The summed E-state index contributed by atoms with van der Waals surface area (Å²) in [6.07, 6.45) is 3.64. The van der Waals surface area contributed by atoms with E-state index in [0.717, 1.165) is 49.5 Å². The summed E-state index contributed by atoms with van der Waals surface area (Å²) in [5.74, 6) is -0.424. The maximum atomic E-state index is 13.2. The summed E-state index contributed by atoms with van der Waals surface area (Å²) in [6.45, 7) is 7.98. The maximum absolute atomic E-state index is 13.2. The van der Waals surface area contributed by atoms with Crippen molar-refractivity contribution in [1.29, 1.82) is 0 Å². The van der Waals surface area contributed by atoms with Gasteiger partial charge >= 0.3 is 0 Å². The summed E-state index contributed by atoms with van der Waals surface area (Å²) in [5, 5.41) is 14.4. The van der Waals surface area contributed by atoms with Gasteiger partial charge in [0.15, 0.2) is 6.10 Å². The number of carbonyl (C=O) groups excluding carboxylic acids is 2. The first-order chi connectivity index (χ1) is 21.4. The molecule has 1 atom stereocenters. The number of halogens is 1. The van der Waals surface area contributed by atoms with E-state index in [1.807, 2.05) is 42.5 Å². The molecule has 3 aromatic carbocycles. The van der Waals surface area contributed by atoms with Crippen molar-refractivity contribution >= 4 is 34.8 Å². The molecule has 3 heterocycles. The predicted molar refractivity (Wildman–Crippen MR) is 175 cm³/mol. The van der Waals surface area contributed by atoms with E-state index in [1.165, 1.54) is 31.4 Å². The average Bonchev–Trinajstić information content (AvgIpc) is 3.79. The number of aliphatic hydroxyl groups excluding tert-OH is 1. The number of nitrogens with one attached hydrogen (secondary N) is 1. The normalized spacial score (nSPS) is 18.1. The van der Waals surface area contributed by atoms with Gasteiger partial charge in [0.2, 0.25) is 0 Å². The highest BCUT2D eigenvalue weighted by molar-refractivity contribution is 6.31. The average molecular weight is 616 g/mol. The SMILES string of the molecule is O=C(NCc1cccc(N2CCCC2)c1)c1ccc(N2CCN(C(=O)C(O)c3ccc(CN4CCCC4)cc3Cl)CC2)cc1. The van der Waals surface area contributed by atoms with Gasteiger partial charge in [0.05, 0.1) is 0 Å². The van der Waals surface area contributed by atoms with Crippen LogP contribution in [0.3, 0.4) is 0 Å². The smallest absolute Gasteiger partial charge is 0.256 e. The van der Waals surface area contributed by atoms with Crippen molar-refractivity contribution in [3.05, 3.63) is 94.0 Å². The van der Waals surface area contributed by atoms with Gasteiger partial charge < -0.3 is 25.1 Å². The molecule has 3 aromatic rings. The number of hydrogen-bond donors (Lipinski definition) is 2. The Morgan fingerprint density at radius 1 is 0.750 bits per heavy atom. The number of nitrogens with zero attached hydrogens (tertiary/aromatic N) is 4. The molecule has 2 amide bonds.